The van der Waals surface area contributed by atoms with Crippen LogP contribution in [0.25, 0.3) is 5.69 Å². The number of nitrogens with zero attached hydrogens (tertiary/aromatic N) is 4. The average molecular weight is 423 g/mol. The number of aliphatic hydroxyl groups excluding tert-OH is 1. The number of alkyl halides is 3. The Kier molecular flexibility index (Phi) is 4.80. The predicted molar refractivity (Wildman–Crippen MR) is 89.3 cm³/mol. The van der Waals surface area contributed by atoms with E-state index in [0.717, 1.165) is 21.3 Å². The van der Waals surface area contributed by atoms with Crippen molar-refractivity contribution in [3.8, 4) is 11.8 Å². The second kappa shape index (κ2) is 6.90. The smallest absolute Gasteiger partial charge is 0.382 e. The van der Waals surface area contributed by atoms with Crippen LogP contribution in [0.3, 0.4) is 0 Å². The molecule has 0 aliphatic rings. The lowest BCUT2D eigenvalue weighted by Crippen LogP contribution is -2.09. The van der Waals surface area contributed by atoms with Crippen LogP contribution in [-0.4, -0.2) is 20.1 Å². The van der Waals surface area contributed by atoms with Crippen LogP contribution in [0, 0.1) is 11.3 Å². The van der Waals surface area contributed by atoms with Crippen LogP contribution < -0.4 is 0 Å². The molecule has 9 heteroatoms. The Morgan fingerprint density at radius 3 is 2.46 bits per heavy atom. The first-order valence-corrected chi connectivity index (χ1v) is 8.06. The van der Waals surface area contributed by atoms with E-state index in [1.165, 1.54) is 18.3 Å². The molecule has 3 rings (SSSR count). The van der Waals surface area contributed by atoms with Crippen LogP contribution in [-0.2, 0) is 6.18 Å². The molecule has 0 aliphatic carbocycles. The van der Waals surface area contributed by atoms with Gasteiger partial charge in [-0.05, 0) is 35.9 Å². The standard InChI is InChI=1S/C17H10BrF3N4O/c18-12-4-1-10(2-5-12)16(26)15-9-25(24-23-15)13-6-3-11(8-22)14(7-13)17(19,20)21/h1-7,9,16,26H. The minimum atomic E-state index is -4.67. The summed E-state index contributed by atoms with van der Waals surface area (Å²) in [5.41, 5.74) is -0.695. The number of hydrogen-bond donors (Lipinski definition) is 1. The molecule has 1 unspecified atom stereocenters. The van der Waals surface area contributed by atoms with Crippen molar-refractivity contribution in [1.29, 1.82) is 5.26 Å². The molecule has 3 aromatic rings. The van der Waals surface area contributed by atoms with E-state index in [-0.39, 0.29) is 11.4 Å². The van der Waals surface area contributed by atoms with Gasteiger partial charge in [0.25, 0.3) is 0 Å². The molecule has 0 saturated carbocycles. The monoisotopic (exact) mass is 422 g/mol. The van der Waals surface area contributed by atoms with Crippen molar-refractivity contribution in [3.05, 3.63) is 75.5 Å². The molecule has 5 nitrogen and oxygen atoms in total. The Morgan fingerprint density at radius 2 is 1.85 bits per heavy atom. The van der Waals surface area contributed by atoms with Crippen LogP contribution in [0.15, 0.2) is 53.1 Å². The van der Waals surface area contributed by atoms with Gasteiger partial charge in [0.2, 0.25) is 0 Å². The Morgan fingerprint density at radius 1 is 1.15 bits per heavy atom. The highest BCUT2D eigenvalue weighted by molar-refractivity contribution is 9.10. The summed E-state index contributed by atoms with van der Waals surface area (Å²) in [7, 11) is 0. The van der Waals surface area contributed by atoms with Gasteiger partial charge >= 0.3 is 6.18 Å². The Hall–Kier alpha value is -2.70. The lowest BCUT2D eigenvalue weighted by atomic mass is 10.1. The quantitative estimate of drug-likeness (QED) is 0.691. The number of nitriles is 1. The van der Waals surface area contributed by atoms with Gasteiger partial charge in [0.1, 0.15) is 11.8 Å². The molecule has 0 fully saturated rings. The Balaban J connectivity index is 1.95. The molecule has 2 aromatic carbocycles. The van der Waals surface area contributed by atoms with E-state index < -0.39 is 23.4 Å². The summed E-state index contributed by atoms with van der Waals surface area (Å²) in [6.07, 6.45) is -4.40. The SMILES string of the molecule is N#Cc1ccc(-n2cc(C(O)c3ccc(Br)cc3)nn2)cc1C(F)(F)F. The van der Waals surface area contributed by atoms with Crippen molar-refractivity contribution >= 4 is 15.9 Å². The van der Waals surface area contributed by atoms with Crippen molar-refractivity contribution in [1.82, 2.24) is 15.0 Å². The fraction of sp³-hybridized carbons (Fsp3) is 0.118. The lowest BCUT2D eigenvalue weighted by molar-refractivity contribution is -0.137. The van der Waals surface area contributed by atoms with E-state index in [4.69, 9.17) is 5.26 Å². The normalized spacial score (nSPS) is 12.6. The molecule has 0 radical (unpaired) electrons. The first-order valence-electron chi connectivity index (χ1n) is 7.27. The number of hydrogen-bond acceptors (Lipinski definition) is 4. The summed E-state index contributed by atoms with van der Waals surface area (Å²) >= 11 is 3.29. The number of benzene rings is 2. The maximum Gasteiger partial charge on any atom is 0.417 e. The summed E-state index contributed by atoms with van der Waals surface area (Å²) in [6, 6.07) is 11.6. The highest BCUT2D eigenvalue weighted by Crippen LogP contribution is 2.33. The molecule has 132 valence electrons. The minimum absolute atomic E-state index is 0.0816. The average Bonchev–Trinajstić information content (AvgIpc) is 3.10. The van der Waals surface area contributed by atoms with Crippen molar-refractivity contribution in [3.63, 3.8) is 0 Å². The van der Waals surface area contributed by atoms with E-state index in [1.54, 1.807) is 24.3 Å². The Bertz CT molecular complexity index is 977. The fourth-order valence-corrected chi connectivity index (χ4v) is 2.62. The van der Waals surface area contributed by atoms with Gasteiger partial charge in [0, 0.05) is 4.47 Å². The van der Waals surface area contributed by atoms with E-state index in [2.05, 4.69) is 26.2 Å². The second-order valence-electron chi connectivity index (χ2n) is 5.38. The molecule has 0 spiro atoms. The predicted octanol–water partition coefficient (Wildman–Crippen LogP) is 4.00. The summed E-state index contributed by atoms with van der Waals surface area (Å²) in [6.45, 7) is 0. The molecule has 1 N–H and O–H groups in total. The number of halogens is 4. The van der Waals surface area contributed by atoms with E-state index >= 15 is 0 Å². The Labute approximate surface area is 154 Å². The van der Waals surface area contributed by atoms with Gasteiger partial charge in [-0.15, -0.1) is 5.10 Å². The second-order valence-corrected chi connectivity index (χ2v) is 6.30. The number of aliphatic hydroxyl groups is 1. The van der Waals surface area contributed by atoms with Crippen LogP contribution in [0.2, 0.25) is 0 Å². The summed E-state index contributed by atoms with van der Waals surface area (Å²) < 4.78 is 41.2. The topological polar surface area (TPSA) is 74.7 Å². The van der Waals surface area contributed by atoms with E-state index in [0.29, 0.717) is 5.56 Å². The third kappa shape index (κ3) is 3.61. The van der Waals surface area contributed by atoms with Gasteiger partial charge in [-0.2, -0.15) is 18.4 Å². The van der Waals surface area contributed by atoms with Crippen LogP contribution in [0.5, 0.6) is 0 Å². The summed E-state index contributed by atoms with van der Waals surface area (Å²) in [5.74, 6) is 0. The van der Waals surface area contributed by atoms with Gasteiger partial charge in [0.05, 0.1) is 29.1 Å². The highest BCUT2D eigenvalue weighted by Gasteiger charge is 2.34. The first kappa shape index (κ1) is 18.1. The van der Waals surface area contributed by atoms with Crippen molar-refractivity contribution < 1.29 is 18.3 Å². The van der Waals surface area contributed by atoms with Gasteiger partial charge in [-0.1, -0.05) is 33.3 Å². The van der Waals surface area contributed by atoms with E-state index in [1.807, 2.05) is 0 Å². The maximum absolute atomic E-state index is 13.1. The fourth-order valence-electron chi connectivity index (χ4n) is 2.35. The molecule has 26 heavy (non-hydrogen) atoms. The van der Waals surface area contributed by atoms with Crippen molar-refractivity contribution in [2.75, 3.05) is 0 Å². The lowest BCUT2D eigenvalue weighted by Gasteiger charge is -2.10. The highest BCUT2D eigenvalue weighted by atomic mass is 79.9. The van der Waals surface area contributed by atoms with Gasteiger partial charge in [0.15, 0.2) is 0 Å². The number of rotatable bonds is 3. The molecule has 0 saturated heterocycles. The molecular weight excluding hydrogens is 413 g/mol. The first-order chi connectivity index (χ1) is 12.3. The summed E-state index contributed by atoms with van der Waals surface area (Å²) in [4.78, 5) is 0. The zero-order valence-electron chi connectivity index (χ0n) is 12.9. The van der Waals surface area contributed by atoms with E-state index in [9.17, 15) is 18.3 Å². The zero-order valence-corrected chi connectivity index (χ0v) is 14.5. The van der Waals surface area contributed by atoms with Crippen LogP contribution in [0.4, 0.5) is 13.2 Å². The zero-order chi connectivity index (χ0) is 18.9. The van der Waals surface area contributed by atoms with Crippen molar-refractivity contribution in [2.45, 2.75) is 12.3 Å². The molecule has 0 aliphatic heterocycles. The third-order valence-electron chi connectivity index (χ3n) is 3.67. The van der Waals surface area contributed by atoms with Gasteiger partial charge in [-0.3, -0.25) is 0 Å². The van der Waals surface area contributed by atoms with Crippen LogP contribution in [0.1, 0.15) is 28.5 Å². The van der Waals surface area contributed by atoms with Gasteiger partial charge in [-0.25, -0.2) is 4.68 Å². The molecule has 1 atom stereocenters. The van der Waals surface area contributed by atoms with Gasteiger partial charge < -0.3 is 5.11 Å². The molecule has 1 heterocycles. The number of aromatic nitrogens is 3. The minimum Gasteiger partial charge on any atom is -0.382 e. The summed E-state index contributed by atoms with van der Waals surface area (Å²) in [5, 5.41) is 26.8. The molecule has 1 aromatic heterocycles. The van der Waals surface area contributed by atoms with Crippen LogP contribution >= 0.6 is 15.9 Å². The van der Waals surface area contributed by atoms with Crippen molar-refractivity contribution in [2.24, 2.45) is 0 Å². The largest absolute Gasteiger partial charge is 0.417 e. The third-order valence-corrected chi connectivity index (χ3v) is 4.20. The molecule has 0 bridgehead atoms. The molecular formula is C17H10BrF3N4O. The molecule has 0 amide bonds. The maximum atomic E-state index is 13.1.